The summed E-state index contributed by atoms with van der Waals surface area (Å²) in [5.41, 5.74) is 6.79. The molecular formula is C16H33N. The van der Waals surface area contributed by atoms with E-state index in [4.69, 9.17) is 5.73 Å². The van der Waals surface area contributed by atoms with Gasteiger partial charge in [-0.1, -0.05) is 71.3 Å². The Hall–Kier alpha value is -0.460. The van der Waals surface area contributed by atoms with Crippen LogP contribution in [0, 0.1) is 5.92 Å². The lowest BCUT2D eigenvalue weighted by molar-refractivity contribution is 0.477. The van der Waals surface area contributed by atoms with E-state index in [0.717, 1.165) is 11.6 Å². The van der Waals surface area contributed by atoms with Crippen LogP contribution in [0.25, 0.3) is 0 Å². The van der Waals surface area contributed by atoms with Crippen molar-refractivity contribution in [1.29, 1.82) is 0 Å². The first-order valence-corrected chi connectivity index (χ1v) is 7.64. The van der Waals surface area contributed by atoms with E-state index in [2.05, 4.69) is 19.9 Å². The van der Waals surface area contributed by atoms with Crippen LogP contribution in [0.4, 0.5) is 0 Å². The molecule has 0 radical (unpaired) electrons. The third-order valence-electron chi connectivity index (χ3n) is 3.36. The molecule has 102 valence electrons. The van der Waals surface area contributed by atoms with E-state index in [9.17, 15) is 0 Å². The maximum atomic E-state index is 5.80. The fraction of sp³-hybridized carbons (Fsp3) is 0.875. The minimum absolute atomic E-state index is 0.728. The highest BCUT2D eigenvalue weighted by Gasteiger charge is 2.04. The highest BCUT2D eigenvalue weighted by molar-refractivity contribution is 4.95. The molecule has 1 heteroatoms. The van der Waals surface area contributed by atoms with Crippen molar-refractivity contribution < 1.29 is 0 Å². The van der Waals surface area contributed by atoms with Crippen LogP contribution in [0.15, 0.2) is 11.8 Å². The summed E-state index contributed by atoms with van der Waals surface area (Å²) >= 11 is 0. The SMILES string of the molecule is CCCCCCCCC(/C=C(/C)N)CCCC. The lowest BCUT2D eigenvalue weighted by Gasteiger charge is -2.12. The molecule has 1 atom stereocenters. The zero-order valence-electron chi connectivity index (χ0n) is 12.3. The predicted molar refractivity (Wildman–Crippen MR) is 79.0 cm³/mol. The minimum Gasteiger partial charge on any atom is -0.403 e. The largest absolute Gasteiger partial charge is 0.403 e. The molecule has 0 heterocycles. The number of allylic oxidation sites excluding steroid dienone is 2. The summed E-state index contributed by atoms with van der Waals surface area (Å²) in [6, 6.07) is 0. The zero-order valence-corrected chi connectivity index (χ0v) is 12.3. The normalized spacial score (nSPS) is 13.9. The molecule has 17 heavy (non-hydrogen) atoms. The second-order valence-electron chi connectivity index (χ2n) is 5.37. The van der Waals surface area contributed by atoms with Gasteiger partial charge in [-0.3, -0.25) is 0 Å². The molecule has 0 spiro atoms. The highest BCUT2D eigenvalue weighted by Crippen LogP contribution is 2.19. The van der Waals surface area contributed by atoms with Crippen molar-refractivity contribution in [2.24, 2.45) is 11.7 Å². The Morgan fingerprint density at radius 3 is 2.00 bits per heavy atom. The molecule has 0 aromatic heterocycles. The zero-order chi connectivity index (χ0) is 12.9. The van der Waals surface area contributed by atoms with Crippen molar-refractivity contribution in [2.75, 3.05) is 0 Å². The summed E-state index contributed by atoms with van der Waals surface area (Å²) in [6.07, 6.45) is 15.9. The second-order valence-corrected chi connectivity index (χ2v) is 5.37. The van der Waals surface area contributed by atoms with E-state index in [1.165, 1.54) is 64.2 Å². The van der Waals surface area contributed by atoms with Gasteiger partial charge in [0.15, 0.2) is 0 Å². The maximum absolute atomic E-state index is 5.80. The van der Waals surface area contributed by atoms with Crippen LogP contribution in [0.5, 0.6) is 0 Å². The molecule has 0 amide bonds. The molecular weight excluding hydrogens is 206 g/mol. The Morgan fingerprint density at radius 2 is 1.41 bits per heavy atom. The molecule has 0 aliphatic carbocycles. The third kappa shape index (κ3) is 11.8. The van der Waals surface area contributed by atoms with Gasteiger partial charge in [0, 0.05) is 5.70 Å². The number of hydrogen-bond acceptors (Lipinski definition) is 1. The van der Waals surface area contributed by atoms with Crippen molar-refractivity contribution in [3.63, 3.8) is 0 Å². The van der Waals surface area contributed by atoms with Crippen LogP contribution in [0.2, 0.25) is 0 Å². The van der Waals surface area contributed by atoms with Gasteiger partial charge in [-0.15, -0.1) is 0 Å². The monoisotopic (exact) mass is 239 g/mol. The van der Waals surface area contributed by atoms with Crippen LogP contribution in [-0.4, -0.2) is 0 Å². The minimum atomic E-state index is 0.728. The van der Waals surface area contributed by atoms with Crippen LogP contribution in [0.1, 0.15) is 85.0 Å². The fourth-order valence-corrected chi connectivity index (χ4v) is 2.34. The Labute approximate surface area is 109 Å². The molecule has 0 bridgehead atoms. The predicted octanol–water partition coefficient (Wildman–Crippen LogP) is 5.41. The third-order valence-corrected chi connectivity index (χ3v) is 3.36. The van der Waals surface area contributed by atoms with Crippen molar-refractivity contribution in [2.45, 2.75) is 85.0 Å². The Kier molecular flexibility index (Phi) is 11.7. The molecule has 0 fully saturated rings. The van der Waals surface area contributed by atoms with Crippen molar-refractivity contribution >= 4 is 0 Å². The van der Waals surface area contributed by atoms with Gasteiger partial charge in [-0.2, -0.15) is 0 Å². The molecule has 0 aromatic carbocycles. The first-order chi connectivity index (χ1) is 8.20. The van der Waals surface area contributed by atoms with Gasteiger partial charge in [0.2, 0.25) is 0 Å². The fourth-order valence-electron chi connectivity index (χ4n) is 2.34. The van der Waals surface area contributed by atoms with E-state index in [0.29, 0.717) is 0 Å². The van der Waals surface area contributed by atoms with Crippen molar-refractivity contribution in [1.82, 2.24) is 0 Å². The van der Waals surface area contributed by atoms with Crippen LogP contribution >= 0.6 is 0 Å². The Bertz CT molecular complexity index is 180. The molecule has 0 aliphatic rings. The topological polar surface area (TPSA) is 26.0 Å². The van der Waals surface area contributed by atoms with Crippen LogP contribution < -0.4 is 5.73 Å². The number of rotatable bonds is 11. The van der Waals surface area contributed by atoms with E-state index in [1.54, 1.807) is 0 Å². The highest BCUT2D eigenvalue weighted by atomic mass is 14.5. The lowest BCUT2D eigenvalue weighted by Crippen LogP contribution is -2.01. The van der Waals surface area contributed by atoms with Gasteiger partial charge in [-0.25, -0.2) is 0 Å². The van der Waals surface area contributed by atoms with Crippen LogP contribution in [0.3, 0.4) is 0 Å². The number of unbranched alkanes of at least 4 members (excludes halogenated alkanes) is 6. The average molecular weight is 239 g/mol. The van der Waals surface area contributed by atoms with Crippen molar-refractivity contribution in [3.8, 4) is 0 Å². The number of hydrogen-bond donors (Lipinski definition) is 1. The standard InChI is InChI=1S/C16H33N/c1-4-6-8-9-10-11-13-16(12-7-5-2)14-15(3)17/h14,16H,4-13,17H2,1-3H3/b15-14-. The molecule has 0 rings (SSSR count). The van der Waals surface area contributed by atoms with E-state index in [1.807, 2.05) is 6.92 Å². The van der Waals surface area contributed by atoms with Gasteiger partial charge >= 0.3 is 0 Å². The summed E-state index contributed by atoms with van der Waals surface area (Å²) in [5, 5.41) is 0. The van der Waals surface area contributed by atoms with Crippen molar-refractivity contribution in [3.05, 3.63) is 11.8 Å². The lowest BCUT2D eigenvalue weighted by atomic mass is 9.94. The van der Waals surface area contributed by atoms with E-state index in [-0.39, 0.29) is 0 Å². The molecule has 1 nitrogen and oxygen atoms in total. The first-order valence-electron chi connectivity index (χ1n) is 7.64. The summed E-state index contributed by atoms with van der Waals surface area (Å²) < 4.78 is 0. The molecule has 0 aliphatic heterocycles. The Balaban J connectivity index is 3.64. The maximum Gasteiger partial charge on any atom is 0.00111 e. The molecule has 0 aromatic rings. The molecule has 0 saturated heterocycles. The Morgan fingerprint density at radius 1 is 0.882 bits per heavy atom. The smallest absolute Gasteiger partial charge is 0.00111 e. The van der Waals surface area contributed by atoms with Gasteiger partial charge in [0.25, 0.3) is 0 Å². The van der Waals surface area contributed by atoms with E-state index >= 15 is 0 Å². The summed E-state index contributed by atoms with van der Waals surface area (Å²) in [6.45, 7) is 6.55. The second kappa shape index (κ2) is 12.0. The first kappa shape index (κ1) is 16.5. The molecule has 0 saturated carbocycles. The van der Waals surface area contributed by atoms with Gasteiger partial charge < -0.3 is 5.73 Å². The molecule has 2 N–H and O–H groups in total. The van der Waals surface area contributed by atoms with Crippen LogP contribution in [-0.2, 0) is 0 Å². The van der Waals surface area contributed by atoms with Gasteiger partial charge in [-0.05, 0) is 25.7 Å². The number of nitrogens with two attached hydrogens (primary N) is 1. The molecule has 1 unspecified atom stereocenters. The van der Waals surface area contributed by atoms with E-state index < -0.39 is 0 Å². The quantitative estimate of drug-likeness (QED) is 0.480. The van der Waals surface area contributed by atoms with Gasteiger partial charge in [0.1, 0.15) is 0 Å². The summed E-state index contributed by atoms with van der Waals surface area (Å²) in [4.78, 5) is 0. The summed E-state index contributed by atoms with van der Waals surface area (Å²) in [5.74, 6) is 0.728. The average Bonchev–Trinajstić information content (AvgIpc) is 2.29. The summed E-state index contributed by atoms with van der Waals surface area (Å²) in [7, 11) is 0. The van der Waals surface area contributed by atoms with Gasteiger partial charge in [0.05, 0.1) is 0 Å².